The van der Waals surface area contributed by atoms with Gasteiger partial charge in [0.05, 0.1) is 0 Å². The summed E-state index contributed by atoms with van der Waals surface area (Å²) in [4.78, 5) is 0. The molecular formula is C11H16FN. The van der Waals surface area contributed by atoms with E-state index in [2.05, 4.69) is 5.32 Å². The highest BCUT2D eigenvalue weighted by atomic mass is 19.1. The van der Waals surface area contributed by atoms with Gasteiger partial charge in [-0.2, -0.15) is 0 Å². The molecule has 0 spiro atoms. The summed E-state index contributed by atoms with van der Waals surface area (Å²) in [6.07, 6.45) is -0.283. The number of nitrogens with one attached hydrogen (secondary N) is 1. The number of benzene rings is 1. The van der Waals surface area contributed by atoms with Crippen molar-refractivity contribution >= 4 is 0 Å². The summed E-state index contributed by atoms with van der Waals surface area (Å²) in [5.74, 6) is 0. The Kier molecular flexibility index (Phi) is 3.90. The topological polar surface area (TPSA) is 12.0 Å². The molecule has 1 N–H and O–H groups in total. The van der Waals surface area contributed by atoms with Gasteiger partial charge in [0, 0.05) is 13.0 Å². The fraction of sp³-hybridized carbons (Fsp3) is 0.455. The summed E-state index contributed by atoms with van der Waals surface area (Å²) in [5, 5.41) is 2.83. The van der Waals surface area contributed by atoms with Gasteiger partial charge in [0.25, 0.3) is 0 Å². The summed E-state index contributed by atoms with van der Waals surface area (Å²) in [6, 6.07) is 7.99. The molecule has 1 nitrogen and oxygen atoms in total. The molecule has 1 aromatic rings. The van der Waals surface area contributed by atoms with Gasteiger partial charge in [-0.1, -0.05) is 29.8 Å². The van der Waals surface area contributed by atoms with Crippen LogP contribution in [-0.4, -0.2) is 19.8 Å². The highest BCUT2D eigenvalue weighted by Gasteiger charge is 2.05. The summed E-state index contributed by atoms with van der Waals surface area (Å²) in [7, 11) is 1.77. The maximum atomic E-state index is 13.2. The predicted octanol–water partition coefficient (Wildman–Crippen LogP) is 2.10. The number of rotatable bonds is 4. The van der Waals surface area contributed by atoms with E-state index in [-0.39, 0.29) is 0 Å². The third kappa shape index (κ3) is 3.55. The van der Waals surface area contributed by atoms with E-state index in [1.54, 1.807) is 7.05 Å². The molecule has 0 fully saturated rings. The number of hydrogen-bond donors (Lipinski definition) is 1. The molecule has 0 aromatic heterocycles. The molecule has 0 amide bonds. The summed E-state index contributed by atoms with van der Waals surface area (Å²) >= 11 is 0. The molecule has 0 aliphatic heterocycles. The van der Waals surface area contributed by atoms with Crippen LogP contribution < -0.4 is 5.32 Å². The largest absolute Gasteiger partial charge is 0.317 e. The predicted molar refractivity (Wildman–Crippen MR) is 53.7 cm³/mol. The van der Waals surface area contributed by atoms with Gasteiger partial charge in [-0.15, -0.1) is 0 Å². The van der Waals surface area contributed by atoms with Gasteiger partial charge < -0.3 is 5.32 Å². The molecule has 1 unspecified atom stereocenters. The summed E-state index contributed by atoms with van der Waals surface area (Å²) < 4.78 is 13.2. The van der Waals surface area contributed by atoms with Crippen molar-refractivity contribution < 1.29 is 4.39 Å². The van der Waals surface area contributed by atoms with E-state index in [0.717, 1.165) is 5.56 Å². The smallest absolute Gasteiger partial charge is 0.116 e. The average Bonchev–Trinajstić information content (AvgIpc) is 2.04. The number of alkyl halides is 1. The second-order valence-electron chi connectivity index (χ2n) is 3.35. The van der Waals surface area contributed by atoms with Crippen LogP contribution in [0.1, 0.15) is 11.1 Å². The Morgan fingerprint density at radius 2 is 2.23 bits per heavy atom. The second-order valence-corrected chi connectivity index (χ2v) is 3.35. The Morgan fingerprint density at radius 1 is 1.46 bits per heavy atom. The second kappa shape index (κ2) is 4.97. The van der Waals surface area contributed by atoms with Crippen molar-refractivity contribution in [1.29, 1.82) is 0 Å². The first kappa shape index (κ1) is 10.2. The standard InChI is InChI=1S/C11H16FN/c1-9-4-3-5-10(6-9)7-11(12)8-13-2/h3-6,11,13H,7-8H2,1-2H3. The van der Waals surface area contributed by atoms with Crippen molar-refractivity contribution in [2.75, 3.05) is 13.6 Å². The third-order valence-electron chi connectivity index (χ3n) is 1.97. The summed E-state index contributed by atoms with van der Waals surface area (Å²) in [6.45, 7) is 2.45. The van der Waals surface area contributed by atoms with E-state index >= 15 is 0 Å². The molecular weight excluding hydrogens is 165 g/mol. The fourth-order valence-electron chi connectivity index (χ4n) is 1.39. The molecule has 1 rings (SSSR count). The molecule has 72 valence electrons. The van der Waals surface area contributed by atoms with E-state index in [0.29, 0.717) is 13.0 Å². The van der Waals surface area contributed by atoms with Crippen LogP contribution >= 0.6 is 0 Å². The van der Waals surface area contributed by atoms with E-state index in [1.807, 2.05) is 31.2 Å². The lowest BCUT2D eigenvalue weighted by atomic mass is 10.1. The summed E-state index contributed by atoms with van der Waals surface area (Å²) in [5.41, 5.74) is 2.26. The lowest BCUT2D eigenvalue weighted by Gasteiger charge is -2.07. The monoisotopic (exact) mass is 181 g/mol. The minimum Gasteiger partial charge on any atom is -0.317 e. The molecule has 0 radical (unpaired) electrons. The highest BCUT2D eigenvalue weighted by molar-refractivity contribution is 5.22. The van der Waals surface area contributed by atoms with Gasteiger partial charge in [-0.25, -0.2) is 4.39 Å². The average molecular weight is 181 g/mol. The van der Waals surface area contributed by atoms with Crippen molar-refractivity contribution in [1.82, 2.24) is 5.32 Å². The van der Waals surface area contributed by atoms with Crippen molar-refractivity contribution in [3.63, 3.8) is 0 Å². The van der Waals surface area contributed by atoms with E-state index in [4.69, 9.17) is 0 Å². The quantitative estimate of drug-likeness (QED) is 0.750. The fourth-order valence-corrected chi connectivity index (χ4v) is 1.39. The molecule has 0 saturated carbocycles. The lowest BCUT2D eigenvalue weighted by Crippen LogP contribution is -2.21. The minimum absolute atomic E-state index is 0.425. The Balaban J connectivity index is 2.53. The van der Waals surface area contributed by atoms with Gasteiger partial charge in [-0.05, 0) is 19.5 Å². The lowest BCUT2D eigenvalue weighted by molar-refractivity contribution is 0.324. The first-order valence-corrected chi connectivity index (χ1v) is 4.56. The molecule has 1 aromatic carbocycles. The highest BCUT2D eigenvalue weighted by Crippen LogP contribution is 2.08. The Hall–Kier alpha value is -0.890. The number of aryl methyl sites for hydroxylation is 1. The van der Waals surface area contributed by atoms with Crippen molar-refractivity contribution in [3.8, 4) is 0 Å². The van der Waals surface area contributed by atoms with E-state index in [9.17, 15) is 4.39 Å². The zero-order valence-corrected chi connectivity index (χ0v) is 8.18. The van der Waals surface area contributed by atoms with Crippen LogP contribution in [0.15, 0.2) is 24.3 Å². The van der Waals surface area contributed by atoms with Crippen LogP contribution in [0.3, 0.4) is 0 Å². The molecule has 0 bridgehead atoms. The van der Waals surface area contributed by atoms with Gasteiger partial charge in [0.2, 0.25) is 0 Å². The minimum atomic E-state index is -0.785. The third-order valence-corrected chi connectivity index (χ3v) is 1.97. The normalized spacial score (nSPS) is 12.8. The number of hydrogen-bond acceptors (Lipinski definition) is 1. The molecule has 1 atom stereocenters. The Morgan fingerprint density at radius 3 is 2.85 bits per heavy atom. The molecule has 2 heteroatoms. The molecule has 0 aliphatic carbocycles. The van der Waals surface area contributed by atoms with Crippen LogP contribution in [0.2, 0.25) is 0 Å². The van der Waals surface area contributed by atoms with E-state index in [1.165, 1.54) is 5.56 Å². The zero-order chi connectivity index (χ0) is 9.68. The first-order valence-electron chi connectivity index (χ1n) is 4.56. The Labute approximate surface area is 79.0 Å². The van der Waals surface area contributed by atoms with Gasteiger partial charge in [0.15, 0.2) is 0 Å². The van der Waals surface area contributed by atoms with Crippen molar-refractivity contribution in [2.45, 2.75) is 19.5 Å². The molecule has 0 heterocycles. The van der Waals surface area contributed by atoms with Gasteiger partial charge in [-0.3, -0.25) is 0 Å². The maximum Gasteiger partial charge on any atom is 0.116 e. The molecule has 13 heavy (non-hydrogen) atoms. The van der Waals surface area contributed by atoms with Crippen molar-refractivity contribution in [3.05, 3.63) is 35.4 Å². The zero-order valence-electron chi connectivity index (χ0n) is 8.18. The van der Waals surface area contributed by atoms with Crippen molar-refractivity contribution in [2.24, 2.45) is 0 Å². The van der Waals surface area contributed by atoms with Crippen LogP contribution in [-0.2, 0) is 6.42 Å². The molecule has 0 saturated heterocycles. The molecule has 0 aliphatic rings. The van der Waals surface area contributed by atoms with E-state index < -0.39 is 6.17 Å². The Bertz CT molecular complexity index is 260. The maximum absolute atomic E-state index is 13.2. The van der Waals surface area contributed by atoms with Crippen LogP contribution in [0.25, 0.3) is 0 Å². The SMILES string of the molecule is CNCC(F)Cc1cccc(C)c1. The first-order chi connectivity index (χ1) is 6.22. The van der Waals surface area contributed by atoms with Crippen LogP contribution in [0.5, 0.6) is 0 Å². The van der Waals surface area contributed by atoms with Crippen LogP contribution in [0.4, 0.5) is 4.39 Å². The van der Waals surface area contributed by atoms with Crippen LogP contribution in [0, 0.1) is 6.92 Å². The van der Waals surface area contributed by atoms with Gasteiger partial charge in [0.1, 0.15) is 6.17 Å². The van der Waals surface area contributed by atoms with Gasteiger partial charge >= 0.3 is 0 Å². The number of halogens is 1.